The Kier molecular flexibility index (Phi) is 6.74. The van der Waals surface area contributed by atoms with Crippen molar-refractivity contribution < 1.29 is 22.7 Å². The van der Waals surface area contributed by atoms with Crippen LogP contribution in [-0.4, -0.2) is 44.2 Å². The van der Waals surface area contributed by atoms with Gasteiger partial charge in [-0.15, -0.1) is 0 Å². The molecule has 182 valence electrons. The van der Waals surface area contributed by atoms with E-state index >= 15 is 0 Å². The molecule has 0 atom stereocenters. The van der Waals surface area contributed by atoms with Crippen molar-refractivity contribution in [3.05, 3.63) is 81.7 Å². The highest BCUT2D eigenvalue weighted by Crippen LogP contribution is 2.32. The standard InChI is InChI=1S/C25H25N3O6S/c1-4-34-24(30)18-14-15-27(35(31,32)20-12-10-17(2)11-13-20)22-21(16-18)23(29)28(25(26-22)33-3)19-8-6-5-7-9-19/h5-13,16H,4,14-15H2,1-3H3. The molecule has 0 unspecified atom stereocenters. The zero-order chi connectivity index (χ0) is 25.2. The SMILES string of the molecule is CCOC(=O)C1=Cc2c(nc(OC)n(-c3ccccc3)c2=O)N(S(=O)(=O)c2ccc(C)cc2)CC1. The van der Waals surface area contributed by atoms with Crippen LogP contribution in [0.5, 0.6) is 6.01 Å². The largest absolute Gasteiger partial charge is 0.468 e. The molecule has 0 saturated heterocycles. The lowest BCUT2D eigenvalue weighted by Crippen LogP contribution is -2.35. The molecular weight excluding hydrogens is 470 g/mol. The highest BCUT2D eigenvalue weighted by Gasteiger charge is 2.34. The smallest absolute Gasteiger partial charge is 0.334 e. The Labute approximate surface area is 203 Å². The maximum absolute atomic E-state index is 13.8. The molecule has 0 fully saturated rings. The maximum Gasteiger partial charge on any atom is 0.334 e. The molecule has 1 aliphatic rings. The molecule has 2 aromatic carbocycles. The highest BCUT2D eigenvalue weighted by molar-refractivity contribution is 7.92. The molecule has 4 rings (SSSR count). The van der Waals surface area contributed by atoms with Crippen LogP contribution in [0.15, 0.2) is 69.9 Å². The third kappa shape index (κ3) is 4.57. The number of methoxy groups -OCH3 is 1. The monoisotopic (exact) mass is 495 g/mol. The van der Waals surface area contributed by atoms with E-state index in [1.54, 1.807) is 49.4 Å². The number of aromatic nitrogens is 2. The van der Waals surface area contributed by atoms with Gasteiger partial charge < -0.3 is 9.47 Å². The summed E-state index contributed by atoms with van der Waals surface area (Å²) in [6.45, 7) is 3.56. The fraction of sp³-hybridized carbons (Fsp3) is 0.240. The topological polar surface area (TPSA) is 108 Å². The maximum atomic E-state index is 13.8. The van der Waals surface area contributed by atoms with Crippen LogP contribution >= 0.6 is 0 Å². The lowest BCUT2D eigenvalue weighted by molar-refractivity contribution is -0.138. The van der Waals surface area contributed by atoms with E-state index < -0.39 is 21.6 Å². The summed E-state index contributed by atoms with van der Waals surface area (Å²) in [5.74, 6) is -0.728. The highest BCUT2D eigenvalue weighted by atomic mass is 32.2. The van der Waals surface area contributed by atoms with Crippen molar-refractivity contribution in [1.82, 2.24) is 9.55 Å². The van der Waals surface area contributed by atoms with Gasteiger partial charge >= 0.3 is 12.0 Å². The number of rotatable bonds is 6. The minimum absolute atomic E-state index is 0.0351. The van der Waals surface area contributed by atoms with E-state index in [1.165, 1.54) is 29.9 Å². The van der Waals surface area contributed by atoms with Gasteiger partial charge in [0.1, 0.15) is 0 Å². The Hall–Kier alpha value is -3.92. The van der Waals surface area contributed by atoms with Crippen LogP contribution in [0.4, 0.5) is 5.82 Å². The van der Waals surface area contributed by atoms with Crippen LogP contribution in [-0.2, 0) is 19.6 Å². The van der Waals surface area contributed by atoms with Gasteiger partial charge in [0.25, 0.3) is 15.6 Å². The van der Waals surface area contributed by atoms with Crippen LogP contribution < -0.4 is 14.6 Å². The molecule has 0 aliphatic carbocycles. The molecule has 1 aliphatic heterocycles. The van der Waals surface area contributed by atoms with Crippen molar-refractivity contribution in [2.24, 2.45) is 0 Å². The van der Waals surface area contributed by atoms with E-state index in [0.29, 0.717) is 5.69 Å². The zero-order valence-corrected chi connectivity index (χ0v) is 20.4. The Morgan fingerprint density at radius 2 is 1.77 bits per heavy atom. The summed E-state index contributed by atoms with van der Waals surface area (Å²) in [6.07, 6.45) is 1.40. The van der Waals surface area contributed by atoms with Crippen molar-refractivity contribution >= 4 is 27.9 Å². The number of anilines is 1. The van der Waals surface area contributed by atoms with Crippen LogP contribution in [0, 0.1) is 6.92 Å². The summed E-state index contributed by atoms with van der Waals surface area (Å²) in [5, 5.41) is 0. The molecule has 0 N–H and O–H groups in total. The first-order chi connectivity index (χ1) is 16.8. The van der Waals surface area contributed by atoms with Gasteiger partial charge in [-0.1, -0.05) is 35.9 Å². The molecule has 3 aromatic rings. The summed E-state index contributed by atoms with van der Waals surface area (Å²) in [4.78, 5) is 30.8. The number of sulfonamides is 1. The van der Waals surface area contributed by atoms with Crippen LogP contribution in [0.3, 0.4) is 0 Å². The number of para-hydroxylation sites is 1. The number of ether oxygens (including phenoxy) is 2. The molecule has 35 heavy (non-hydrogen) atoms. The predicted octanol–water partition coefficient (Wildman–Crippen LogP) is 3.10. The fourth-order valence-corrected chi connectivity index (χ4v) is 5.23. The summed E-state index contributed by atoms with van der Waals surface area (Å²) in [5.41, 5.74) is 0.931. The third-order valence-electron chi connectivity index (χ3n) is 5.55. The molecule has 0 amide bonds. The lowest BCUT2D eigenvalue weighted by Gasteiger charge is -2.24. The van der Waals surface area contributed by atoms with E-state index in [9.17, 15) is 18.0 Å². The van der Waals surface area contributed by atoms with E-state index in [0.717, 1.165) is 9.87 Å². The summed E-state index contributed by atoms with van der Waals surface area (Å²) >= 11 is 0. The van der Waals surface area contributed by atoms with Gasteiger partial charge in [-0.2, -0.15) is 4.98 Å². The van der Waals surface area contributed by atoms with Gasteiger partial charge in [-0.25, -0.2) is 22.1 Å². The predicted molar refractivity (Wildman–Crippen MR) is 131 cm³/mol. The van der Waals surface area contributed by atoms with E-state index in [2.05, 4.69) is 4.98 Å². The molecule has 9 nitrogen and oxygen atoms in total. The second-order valence-electron chi connectivity index (χ2n) is 7.84. The van der Waals surface area contributed by atoms with Crippen molar-refractivity contribution in [3.8, 4) is 11.7 Å². The van der Waals surface area contributed by atoms with Gasteiger partial charge in [0, 0.05) is 12.1 Å². The Morgan fingerprint density at radius 3 is 2.40 bits per heavy atom. The zero-order valence-electron chi connectivity index (χ0n) is 19.6. The molecule has 0 bridgehead atoms. The number of carbonyl (C=O) groups excluding carboxylic acids is 1. The number of carbonyl (C=O) groups is 1. The Balaban J connectivity index is 1.99. The molecule has 1 aromatic heterocycles. The normalized spacial score (nSPS) is 13.5. The number of hydrogen-bond donors (Lipinski definition) is 0. The van der Waals surface area contributed by atoms with Crippen molar-refractivity contribution in [1.29, 1.82) is 0 Å². The Bertz CT molecular complexity index is 1450. The summed E-state index contributed by atoms with van der Waals surface area (Å²) in [7, 11) is -2.76. The molecule has 10 heteroatoms. The first-order valence-corrected chi connectivity index (χ1v) is 12.5. The number of nitrogens with zero attached hydrogens (tertiary/aromatic N) is 3. The number of esters is 1. The van der Waals surface area contributed by atoms with Gasteiger partial charge in [-0.05, 0) is 50.6 Å². The molecule has 0 saturated carbocycles. The number of aryl methyl sites for hydroxylation is 1. The van der Waals surface area contributed by atoms with Crippen molar-refractivity contribution in [2.75, 3.05) is 24.6 Å². The average molecular weight is 496 g/mol. The fourth-order valence-electron chi connectivity index (χ4n) is 3.79. The van der Waals surface area contributed by atoms with Crippen molar-refractivity contribution in [3.63, 3.8) is 0 Å². The molecule has 2 heterocycles. The summed E-state index contributed by atoms with van der Waals surface area (Å²) < 4.78 is 40.2. The van der Waals surface area contributed by atoms with Crippen molar-refractivity contribution in [2.45, 2.75) is 25.2 Å². The number of hydrogen-bond acceptors (Lipinski definition) is 7. The third-order valence-corrected chi connectivity index (χ3v) is 7.35. The van der Waals surface area contributed by atoms with Gasteiger partial charge in [-0.3, -0.25) is 4.79 Å². The first kappa shape index (κ1) is 24.2. The lowest BCUT2D eigenvalue weighted by atomic mass is 10.1. The minimum Gasteiger partial charge on any atom is -0.468 e. The molecular formula is C25H25N3O6S. The second kappa shape index (κ2) is 9.75. The van der Waals surface area contributed by atoms with E-state index in [1.807, 2.05) is 6.92 Å². The van der Waals surface area contributed by atoms with E-state index in [-0.39, 0.29) is 47.4 Å². The second-order valence-corrected chi connectivity index (χ2v) is 9.70. The number of fused-ring (bicyclic) bond motifs is 1. The minimum atomic E-state index is -4.11. The Morgan fingerprint density at radius 1 is 1.09 bits per heavy atom. The van der Waals surface area contributed by atoms with Gasteiger partial charge in [0.2, 0.25) is 0 Å². The average Bonchev–Trinajstić information content (AvgIpc) is 3.05. The molecule has 0 radical (unpaired) electrons. The first-order valence-electron chi connectivity index (χ1n) is 11.0. The number of benzene rings is 2. The van der Waals surface area contributed by atoms with Gasteiger partial charge in [0.15, 0.2) is 5.82 Å². The van der Waals surface area contributed by atoms with Crippen LogP contribution in [0.1, 0.15) is 24.5 Å². The van der Waals surface area contributed by atoms with Gasteiger partial charge in [0.05, 0.1) is 29.9 Å². The van der Waals surface area contributed by atoms with Crippen LogP contribution in [0.2, 0.25) is 0 Å². The van der Waals surface area contributed by atoms with E-state index in [4.69, 9.17) is 9.47 Å². The summed E-state index contributed by atoms with van der Waals surface area (Å²) in [6, 6.07) is 15.0. The van der Waals surface area contributed by atoms with Crippen LogP contribution in [0.25, 0.3) is 11.8 Å². The quantitative estimate of drug-likeness (QED) is 0.484. The molecule has 0 spiro atoms.